The summed E-state index contributed by atoms with van der Waals surface area (Å²) < 4.78 is 26.6. The van der Waals surface area contributed by atoms with Crippen LogP contribution in [0.2, 0.25) is 0 Å². The van der Waals surface area contributed by atoms with Crippen molar-refractivity contribution in [1.29, 1.82) is 0 Å². The van der Waals surface area contributed by atoms with Crippen molar-refractivity contribution in [3.8, 4) is 5.88 Å². The van der Waals surface area contributed by atoms with Crippen LogP contribution in [0.1, 0.15) is 18.2 Å². The second-order valence-electron chi connectivity index (χ2n) is 7.81. The van der Waals surface area contributed by atoms with Gasteiger partial charge in [0, 0.05) is 11.6 Å². The second-order valence-corrected chi connectivity index (χ2v) is 7.81. The van der Waals surface area contributed by atoms with E-state index in [0.29, 0.717) is 40.7 Å². The highest BCUT2D eigenvalue weighted by Crippen LogP contribution is 2.35. The first kappa shape index (κ1) is 20.6. The van der Waals surface area contributed by atoms with E-state index in [0.717, 1.165) is 5.56 Å². The lowest BCUT2D eigenvalue weighted by Crippen LogP contribution is -2.31. The number of aliphatic hydroxyl groups is 2. The van der Waals surface area contributed by atoms with Crippen LogP contribution in [0, 0.1) is 5.82 Å². The van der Waals surface area contributed by atoms with E-state index in [-0.39, 0.29) is 5.82 Å². The van der Waals surface area contributed by atoms with Gasteiger partial charge in [-0.05, 0) is 36.6 Å². The topological polar surface area (TPSA) is 129 Å². The maximum absolute atomic E-state index is 13.6. The monoisotopic (exact) mass is 439 g/mol. The number of nitrogens with two attached hydrogens (primary N) is 1. The number of fused-ring (bicyclic) bond motifs is 2. The van der Waals surface area contributed by atoms with Crippen LogP contribution in [0.15, 0.2) is 42.9 Å². The van der Waals surface area contributed by atoms with Crippen molar-refractivity contribution in [1.82, 2.24) is 19.5 Å². The molecule has 1 unspecified atom stereocenters. The summed E-state index contributed by atoms with van der Waals surface area (Å²) in [6.45, 7) is 0. The van der Waals surface area contributed by atoms with Gasteiger partial charge in [-0.3, -0.25) is 0 Å². The Hall–Kier alpha value is -3.34. The standard InChI is InChI=1S/C22H22FN5O4/c1-31-21-13-6-7-28(20(13)25-10-26-21)22-18(30)17(29)16(32-22)5-3-11-2-4-12-9-14(23)19(24)27-15(12)8-11/h2,4,6-10,16-18,22,29-30H,3,5H2,1H3,(H2,24,27)/t16-,17-,18-,22?/m1/s1. The fourth-order valence-electron chi connectivity index (χ4n) is 4.18. The number of hydrogen-bond acceptors (Lipinski definition) is 8. The van der Waals surface area contributed by atoms with Crippen LogP contribution in [-0.2, 0) is 11.2 Å². The number of halogens is 1. The molecule has 4 aromatic rings. The minimum absolute atomic E-state index is 0.144. The van der Waals surface area contributed by atoms with Gasteiger partial charge in [0.15, 0.2) is 17.9 Å². The zero-order chi connectivity index (χ0) is 22.4. The Morgan fingerprint density at radius 1 is 1.19 bits per heavy atom. The zero-order valence-corrected chi connectivity index (χ0v) is 17.2. The molecule has 1 aliphatic rings. The first-order chi connectivity index (χ1) is 15.5. The van der Waals surface area contributed by atoms with Gasteiger partial charge in [-0.2, -0.15) is 0 Å². The number of benzene rings is 1. The fraction of sp³-hybridized carbons (Fsp3) is 0.318. The van der Waals surface area contributed by atoms with Gasteiger partial charge in [-0.15, -0.1) is 0 Å². The van der Waals surface area contributed by atoms with Crippen LogP contribution in [0.5, 0.6) is 5.88 Å². The number of aryl methyl sites for hydroxylation is 1. The number of ether oxygens (including phenoxy) is 2. The summed E-state index contributed by atoms with van der Waals surface area (Å²) in [7, 11) is 1.52. The minimum atomic E-state index is -1.13. The molecule has 10 heteroatoms. The zero-order valence-electron chi connectivity index (χ0n) is 17.2. The molecule has 4 heterocycles. The van der Waals surface area contributed by atoms with Crippen LogP contribution < -0.4 is 10.5 Å². The quantitative estimate of drug-likeness (QED) is 0.431. The molecule has 0 spiro atoms. The number of methoxy groups -OCH3 is 1. The first-order valence-electron chi connectivity index (χ1n) is 10.2. The summed E-state index contributed by atoms with van der Waals surface area (Å²) in [5.74, 6) is -0.272. The molecule has 5 rings (SSSR count). The molecule has 0 saturated carbocycles. The van der Waals surface area contributed by atoms with Crippen molar-refractivity contribution in [3.63, 3.8) is 0 Å². The van der Waals surface area contributed by atoms with Crippen LogP contribution in [0.4, 0.5) is 10.2 Å². The van der Waals surface area contributed by atoms with E-state index in [9.17, 15) is 14.6 Å². The van der Waals surface area contributed by atoms with Crippen molar-refractivity contribution in [2.75, 3.05) is 12.8 Å². The number of aliphatic hydroxyl groups excluding tert-OH is 2. The number of pyridine rings is 1. The third kappa shape index (κ3) is 3.42. The number of rotatable bonds is 5. The maximum Gasteiger partial charge on any atom is 0.225 e. The molecule has 4 N–H and O–H groups in total. The molecule has 0 radical (unpaired) electrons. The van der Waals surface area contributed by atoms with Gasteiger partial charge in [0.25, 0.3) is 0 Å². The van der Waals surface area contributed by atoms with Crippen LogP contribution in [0.25, 0.3) is 21.9 Å². The second kappa shape index (κ2) is 7.97. The molecule has 1 aromatic carbocycles. The lowest BCUT2D eigenvalue weighted by Gasteiger charge is -2.17. The van der Waals surface area contributed by atoms with Crippen LogP contribution in [-0.4, -0.2) is 55.2 Å². The van der Waals surface area contributed by atoms with E-state index < -0.39 is 30.4 Å². The Morgan fingerprint density at radius 3 is 2.84 bits per heavy atom. The summed E-state index contributed by atoms with van der Waals surface area (Å²) in [5, 5.41) is 22.6. The molecule has 1 saturated heterocycles. The molecule has 1 fully saturated rings. The van der Waals surface area contributed by atoms with Gasteiger partial charge in [-0.25, -0.2) is 19.3 Å². The van der Waals surface area contributed by atoms with Crippen molar-refractivity contribution in [2.24, 2.45) is 0 Å². The predicted molar refractivity (Wildman–Crippen MR) is 114 cm³/mol. The molecule has 0 bridgehead atoms. The lowest BCUT2D eigenvalue weighted by molar-refractivity contribution is -0.0364. The van der Waals surface area contributed by atoms with Gasteiger partial charge < -0.3 is 30.0 Å². The highest BCUT2D eigenvalue weighted by Gasteiger charge is 2.43. The molecular formula is C22H22FN5O4. The third-order valence-corrected chi connectivity index (χ3v) is 5.86. The third-order valence-electron chi connectivity index (χ3n) is 5.86. The minimum Gasteiger partial charge on any atom is -0.480 e. The average Bonchev–Trinajstić information content (AvgIpc) is 3.34. The van der Waals surface area contributed by atoms with Gasteiger partial charge in [-0.1, -0.05) is 12.1 Å². The smallest absolute Gasteiger partial charge is 0.225 e. The van der Waals surface area contributed by atoms with Crippen LogP contribution >= 0.6 is 0 Å². The van der Waals surface area contributed by atoms with Crippen LogP contribution in [0.3, 0.4) is 0 Å². The molecule has 3 aromatic heterocycles. The van der Waals surface area contributed by atoms with Crippen molar-refractivity contribution < 1.29 is 24.1 Å². The maximum atomic E-state index is 13.6. The number of anilines is 1. The van der Waals surface area contributed by atoms with Gasteiger partial charge in [0.2, 0.25) is 5.88 Å². The van der Waals surface area contributed by atoms with E-state index >= 15 is 0 Å². The summed E-state index contributed by atoms with van der Waals surface area (Å²) in [6.07, 6.45) is 0.559. The fourth-order valence-corrected chi connectivity index (χ4v) is 4.18. The van der Waals surface area contributed by atoms with Crippen molar-refractivity contribution in [3.05, 3.63) is 54.2 Å². The van der Waals surface area contributed by atoms with Gasteiger partial charge in [0.1, 0.15) is 24.2 Å². The highest BCUT2D eigenvalue weighted by atomic mass is 19.1. The normalized spacial score (nSPS) is 23.2. The SMILES string of the molecule is COc1ncnc2c1ccn2C1O[C@H](CCc2ccc3cc(F)c(N)nc3c2)[C@@H](O)[C@H]1O. The molecule has 0 amide bonds. The van der Waals surface area contributed by atoms with E-state index in [1.807, 2.05) is 12.1 Å². The number of aromatic nitrogens is 4. The summed E-state index contributed by atoms with van der Waals surface area (Å²) in [5.41, 5.74) is 7.65. The molecule has 32 heavy (non-hydrogen) atoms. The molecule has 4 atom stereocenters. The van der Waals surface area contributed by atoms with E-state index in [1.165, 1.54) is 19.5 Å². The number of nitrogens with zero attached hydrogens (tertiary/aromatic N) is 4. The summed E-state index contributed by atoms with van der Waals surface area (Å²) in [6, 6.07) is 8.62. The van der Waals surface area contributed by atoms with E-state index in [4.69, 9.17) is 15.2 Å². The Morgan fingerprint density at radius 2 is 2.03 bits per heavy atom. The summed E-state index contributed by atoms with van der Waals surface area (Å²) in [4.78, 5) is 12.4. The molecule has 1 aliphatic heterocycles. The molecule has 9 nitrogen and oxygen atoms in total. The highest BCUT2D eigenvalue weighted by molar-refractivity contribution is 5.81. The van der Waals surface area contributed by atoms with E-state index in [1.54, 1.807) is 22.9 Å². The lowest BCUT2D eigenvalue weighted by atomic mass is 10.0. The summed E-state index contributed by atoms with van der Waals surface area (Å²) >= 11 is 0. The largest absolute Gasteiger partial charge is 0.480 e. The van der Waals surface area contributed by atoms with Crippen molar-refractivity contribution in [2.45, 2.75) is 37.4 Å². The Labute approximate surface area is 182 Å². The first-order valence-corrected chi connectivity index (χ1v) is 10.2. The Balaban J connectivity index is 1.34. The Kier molecular flexibility index (Phi) is 5.12. The number of hydrogen-bond donors (Lipinski definition) is 3. The molecular weight excluding hydrogens is 417 g/mol. The van der Waals surface area contributed by atoms with Gasteiger partial charge >= 0.3 is 0 Å². The van der Waals surface area contributed by atoms with Crippen molar-refractivity contribution >= 4 is 27.8 Å². The number of nitrogen functional groups attached to an aromatic ring is 1. The van der Waals surface area contributed by atoms with Gasteiger partial charge in [0.05, 0.1) is 24.1 Å². The molecule has 0 aliphatic carbocycles. The predicted octanol–water partition coefficient (Wildman–Crippen LogP) is 1.96. The Bertz CT molecular complexity index is 1300. The van der Waals surface area contributed by atoms with E-state index in [2.05, 4.69) is 15.0 Å². The average molecular weight is 439 g/mol. The molecule has 166 valence electrons.